The van der Waals surface area contributed by atoms with Crippen LogP contribution in [-0.2, 0) is 0 Å². The molecule has 2 N–H and O–H groups in total. The smallest absolute Gasteiger partial charge is 0.0671 e. The molecule has 0 radical (unpaired) electrons. The van der Waals surface area contributed by atoms with E-state index in [1.807, 2.05) is 30.1 Å². The topological polar surface area (TPSA) is 40.7 Å². The van der Waals surface area contributed by atoms with Gasteiger partial charge in [-0.1, -0.05) is 13.0 Å². The van der Waals surface area contributed by atoms with Gasteiger partial charge in [0, 0.05) is 17.6 Å². The number of nitrogens with one attached hydrogen (secondary N) is 2. The van der Waals surface area contributed by atoms with Crippen molar-refractivity contribution < 1.29 is 0 Å². The van der Waals surface area contributed by atoms with Gasteiger partial charge in [0.05, 0.1) is 11.7 Å². The third kappa shape index (κ3) is 2.70. The summed E-state index contributed by atoms with van der Waals surface area (Å²) in [6.07, 6.45) is 3.07. The summed E-state index contributed by atoms with van der Waals surface area (Å²) in [5.41, 5.74) is 2.26. The van der Waals surface area contributed by atoms with E-state index in [1.54, 1.807) is 0 Å². The maximum Gasteiger partial charge on any atom is 0.0671 e. The lowest BCUT2D eigenvalue weighted by Gasteiger charge is -2.06. The zero-order valence-corrected chi connectivity index (χ0v) is 10.3. The van der Waals surface area contributed by atoms with E-state index in [-0.39, 0.29) is 0 Å². The molecule has 1 aromatic carbocycles. The Labute approximate surface area is 100 Å². The summed E-state index contributed by atoms with van der Waals surface area (Å²) in [6, 6.07) is 6.19. The number of fused-ring (bicyclic) bond motifs is 1. The van der Waals surface area contributed by atoms with E-state index >= 15 is 0 Å². The predicted octanol–water partition coefficient (Wildman–Crippen LogP) is 3.12. The van der Waals surface area contributed by atoms with Crippen LogP contribution in [0.15, 0.2) is 24.4 Å². The van der Waals surface area contributed by atoms with Crippen LogP contribution in [0.4, 0.5) is 5.69 Å². The van der Waals surface area contributed by atoms with Gasteiger partial charge in [0.1, 0.15) is 0 Å². The molecule has 0 aliphatic heterocycles. The largest absolute Gasteiger partial charge is 0.384 e. The maximum absolute atomic E-state index is 4.05. The van der Waals surface area contributed by atoms with E-state index < -0.39 is 0 Å². The third-order valence-electron chi connectivity index (χ3n) is 2.47. The van der Waals surface area contributed by atoms with Crippen molar-refractivity contribution in [2.75, 3.05) is 23.4 Å². The number of benzene rings is 1. The lowest BCUT2D eigenvalue weighted by atomic mass is 10.2. The molecule has 1 heterocycles. The average molecular weight is 235 g/mol. The molecule has 0 aliphatic carbocycles. The minimum Gasteiger partial charge on any atom is -0.384 e. The van der Waals surface area contributed by atoms with E-state index in [0.29, 0.717) is 0 Å². The normalized spacial score (nSPS) is 10.8. The number of nitrogens with zero attached hydrogens (tertiary/aromatic N) is 1. The highest BCUT2D eigenvalue weighted by atomic mass is 32.2. The second kappa shape index (κ2) is 5.80. The molecule has 0 unspecified atom stereocenters. The molecule has 4 heteroatoms. The molecule has 2 rings (SSSR count). The van der Waals surface area contributed by atoms with Gasteiger partial charge in [-0.3, -0.25) is 5.10 Å². The van der Waals surface area contributed by atoms with Crippen LogP contribution < -0.4 is 5.32 Å². The van der Waals surface area contributed by atoms with E-state index in [9.17, 15) is 0 Å². The Kier molecular flexibility index (Phi) is 4.10. The third-order valence-corrected chi connectivity index (χ3v) is 3.46. The van der Waals surface area contributed by atoms with Crippen molar-refractivity contribution in [3.05, 3.63) is 24.4 Å². The number of anilines is 1. The molecule has 1 aromatic heterocycles. The second-order valence-electron chi connectivity index (χ2n) is 3.61. The Morgan fingerprint density at radius 1 is 1.44 bits per heavy atom. The maximum atomic E-state index is 4.05. The molecule has 0 spiro atoms. The average Bonchev–Trinajstić information content (AvgIpc) is 2.77. The molecule has 0 amide bonds. The van der Waals surface area contributed by atoms with Crippen molar-refractivity contribution in [3.63, 3.8) is 0 Å². The number of hydrogen-bond acceptors (Lipinski definition) is 3. The lowest BCUT2D eigenvalue weighted by Crippen LogP contribution is -2.02. The first-order valence-corrected chi connectivity index (χ1v) is 6.81. The number of hydrogen-bond donors (Lipinski definition) is 2. The van der Waals surface area contributed by atoms with Gasteiger partial charge < -0.3 is 5.32 Å². The van der Waals surface area contributed by atoms with Crippen molar-refractivity contribution >= 4 is 28.4 Å². The molecule has 0 fully saturated rings. The van der Waals surface area contributed by atoms with Crippen molar-refractivity contribution in [2.24, 2.45) is 0 Å². The summed E-state index contributed by atoms with van der Waals surface area (Å²) in [5.74, 6) is 2.43. The first-order chi connectivity index (χ1) is 7.92. The molecule has 0 saturated carbocycles. The highest BCUT2D eigenvalue weighted by Crippen LogP contribution is 2.20. The zero-order chi connectivity index (χ0) is 11.2. The summed E-state index contributed by atoms with van der Waals surface area (Å²) in [7, 11) is 0. The van der Waals surface area contributed by atoms with Crippen molar-refractivity contribution in [2.45, 2.75) is 13.3 Å². The van der Waals surface area contributed by atoms with Gasteiger partial charge in [-0.15, -0.1) is 0 Å². The molecule has 0 saturated heterocycles. The van der Waals surface area contributed by atoms with Gasteiger partial charge in [0.25, 0.3) is 0 Å². The van der Waals surface area contributed by atoms with Gasteiger partial charge in [0.15, 0.2) is 0 Å². The Bertz CT molecular complexity index is 439. The number of aromatic amines is 1. The summed E-state index contributed by atoms with van der Waals surface area (Å²) in [5, 5.41) is 11.7. The summed E-state index contributed by atoms with van der Waals surface area (Å²) < 4.78 is 0. The van der Waals surface area contributed by atoms with Gasteiger partial charge >= 0.3 is 0 Å². The molecular weight excluding hydrogens is 218 g/mol. The fourth-order valence-electron chi connectivity index (χ4n) is 1.66. The molecule has 3 nitrogen and oxygen atoms in total. The van der Waals surface area contributed by atoms with Gasteiger partial charge in [-0.05, 0) is 30.1 Å². The van der Waals surface area contributed by atoms with E-state index in [2.05, 4.69) is 28.5 Å². The van der Waals surface area contributed by atoms with Crippen LogP contribution in [0.2, 0.25) is 0 Å². The van der Waals surface area contributed by atoms with Crippen LogP contribution >= 0.6 is 11.8 Å². The van der Waals surface area contributed by atoms with Crippen LogP contribution in [-0.4, -0.2) is 28.2 Å². The Morgan fingerprint density at radius 2 is 2.38 bits per heavy atom. The minimum absolute atomic E-state index is 1.03. The molecule has 0 aliphatic rings. The van der Waals surface area contributed by atoms with Crippen molar-refractivity contribution in [1.29, 1.82) is 0 Å². The van der Waals surface area contributed by atoms with E-state index in [4.69, 9.17) is 0 Å². The molecule has 0 atom stereocenters. The van der Waals surface area contributed by atoms with Crippen LogP contribution in [0.3, 0.4) is 0 Å². The van der Waals surface area contributed by atoms with Crippen LogP contribution in [0.5, 0.6) is 0 Å². The number of aromatic nitrogens is 2. The Morgan fingerprint density at radius 3 is 3.25 bits per heavy atom. The zero-order valence-electron chi connectivity index (χ0n) is 9.49. The highest BCUT2D eigenvalue weighted by Gasteiger charge is 2.00. The molecular formula is C12H17N3S. The van der Waals surface area contributed by atoms with Gasteiger partial charge in [-0.25, -0.2) is 0 Å². The molecule has 86 valence electrons. The summed E-state index contributed by atoms with van der Waals surface area (Å²) >= 11 is 1.99. The van der Waals surface area contributed by atoms with E-state index in [0.717, 1.165) is 12.1 Å². The van der Waals surface area contributed by atoms with Gasteiger partial charge in [0.2, 0.25) is 0 Å². The monoisotopic (exact) mass is 235 g/mol. The standard InChI is InChI=1S/C12H17N3S/c1-2-16-8-4-7-13-11-5-3-6-12-10(11)9-14-15-12/h3,5-6,9,13H,2,4,7-8H2,1H3,(H,14,15). The van der Waals surface area contributed by atoms with Gasteiger partial charge in [-0.2, -0.15) is 16.9 Å². The second-order valence-corrected chi connectivity index (χ2v) is 5.01. The first kappa shape index (κ1) is 11.3. The lowest BCUT2D eigenvalue weighted by molar-refractivity contribution is 0.994. The molecule has 0 bridgehead atoms. The first-order valence-electron chi connectivity index (χ1n) is 5.65. The predicted molar refractivity (Wildman–Crippen MR) is 72.2 cm³/mol. The summed E-state index contributed by atoms with van der Waals surface area (Å²) in [4.78, 5) is 0. The Balaban J connectivity index is 1.91. The van der Waals surface area contributed by atoms with Crippen molar-refractivity contribution in [1.82, 2.24) is 10.2 Å². The minimum atomic E-state index is 1.03. The van der Waals surface area contributed by atoms with E-state index in [1.165, 1.54) is 29.0 Å². The number of H-pyrrole nitrogens is 1. The number of rotatable bonds is 6. The summed E-state index contributed by atoms with van der Waals surface area (Å²) in [6.45, 7) is 3.22. The molecule has 16 heavy (non-hydrogen) atoms. The van der Waals surface area contributed by atoms with Crippen LogP contribution in [0.1, 0.15) is 13.3 Å². The fraction of sp³-hybridized carbons (Fsp3) is 0.417. The highest BCUT2D eigenvalue weighted by molar-refractivity contribution is 7.99. The van der Waals surface area contributed by atoms with Crippen LogP contribution in [0, 0.1) is 0 Å². The Hall–Kier alpha value is -1.16. The quantitative estimate of drug-likeness (QED) is 0.756. The number of thioether (sulfide) groups is 1. The molecule has 2 aromatic rings. The van der Waals surface area contributed by atoms with Crippen LogP contribution in [0.25, 0.3) is 10.9 Å². The fourth-order valence-corrected chi connectivity index (χ4v) is 2.30. The van der Waals surface area contributed by atoms with Crippen molar-refractivity contribution in [3.8, 4) is 0 Å². The SMILES string of the molecule is CCSCCCNc1cccc2[nH]ncc12.